The zero-order valence-electron chi connectivity index (χ0n) is 14.7. The fourth-order valence-electron chi connectivity index (χ4n) is 2.75. The average Bonchev–Trinajstić information content (AvgIpc) is 2.46. The van der Waals surface area contributed by atoms with Gasteiger partial charge in [-0.25, -0.2) is 4.79 Å². The Bertz CT molecular complexity index is 513. The first-order valence-electron chi connectivity index (χ1n) is 8.42. The molecule has 5 nitrogen and oxygen atoms in total. The molecule has 1 N–H and O–H groups in total. The molecule has 5 heteroatoms. The van der Waals surface area contributed by atoms with Crippen LogP contribution in [0.2, 0.25) is 0 Å². The van der Waals surface area contributed by atoms with Crippen LogP contribution in [0.5, 0.6) is 5.75 Å². The van der Waals surface area contributed by atoms with Crippen LogP contribution in [0.3, 0.4) is 0 Å². The van der Waals surface area contributed by atoms with Crippen molar-refractivity contribution in [1.82, 2.24) is 15.1 Å². The molecule has 0 saturated carbocycles. The Morgan fingerprint density at radius 2 is 2.17 bits per heavy atom. The zero-order chi connectivity index (χ0) is 16.8. The number of nitrogens with one attached hydrogen (secondary N) is 1. The van der Waals surface area contributed by atoms with E-state index >= 15 is 0 Å². The summed E-state index contributed by atoms with van der Waals surface area (Å²) in [6.45, 7) is 6.21. The lowest BCUT2D eigenvalue weighted by atomic mass is 10.1. The molecule has 2 rings (SSSR count). The average molecular weight is 319 g/mol. The lowest BCUT2D eigenvalue weighted by Crippen LogP contribution is -2.59. The van der Waals surface area contributed by atoms with Crippen molar-refractivity contribution in [2.75, 3.05) is 33.7 Å². The van der Waals surface area contributed by atoms with Gasteiger partial charge in [0.2, 0.25) is 0 Å². The highest BCUT2D eigenvalue weighted by atomic mass is 16.5. The van der Waals surface area contributed by atoms with Crippen LogP contribution in [0.25, 0.3) is 0 Å². The molecule has 23 heavy (non-hydrogen) atoms. The van der Waals surface area contributed by atoms with E-state index in [1.165, 1.54) is 5.56 Å². The predicted octanol–water partition coefficient (Wildman–Crippen LogP) is 2.50. The van der Waals surface area contributed by atoms with E-state index in [4.69, 9.17) is 4.74 Å². The van der Waals surface area contributed by atoms with Gasteiger partial charge in [0.15, 0.2) is 0 Å². The van der Waals surface area contributed by atoms with Crippen molar-refractivity contribution in [3.63, 3.8) is 0 Å². The molecule has 0 aromatic heterocycles. The first-order chi connectivity index (χ1) is 11.0. The second-order valence-corrected chi connectivity index (χ2v) is 6.55. The molecule has 1 fully saturated rings. The summed E-state index contributed by atoms with van der Waals surface area (Å²) >= 11 is 0. The van der Waals surface area contributed by atoms with Gasteiger partial charge in [-0.15, -0.1) is 0 Å². The summed E-state index contributed by atoms with van der Waals surface area (Å²) in [5.41, 5.74) is 1.18. The summed E-state index contributed by atoms with van der Waals surface area (Å²) in [5, 5.41) is 3.03. The van der Waals surface area contributed by atoms with Crippen molar-refractivity contribution < 1.29 is 9.53 Å². The summed E-state index contributed by atoms with van der Waals surface area (Å²) in [5.74, 6) is 0.880. The van der Waals surface area contributed by atoms with Gasteiger partial charge < -0.3 is 19.9 Å². The number of likely N-dealkylation sites (N-methyl/N-ethyl adjacent to an activating group) is 1. The largest absolute Gasteiger partial charge is 0.487 e. The van der Waals surface area contributed by atoms with Crippen LogP contribution in [-0.4, -0.2) is 61.7 Å². The topological polar surface area (TPSA) is 44.8 Å². The molecule has 1 aromatic carbocycles. The third kappa shape index (κ3) is 5.13. The third-order valence-corrected chi connectivity index (χ3v) is 4.27. The Morgan fingerprint density at radius 1 is 1.43 bits per heavy atom. The number of hydrogen-bond acceptors (Lipinski definition) is 3. The molecule has 128 valence electrons. The van der Waals surface area contributed by atoms with Gasteiger partial charge in [0.05, 0.1) is 13.1 Å². The summed E-state index contributed by atoms with van der Waals surface area (Å²) < 4.78 is 5.88. The highest BCUT2D eigenvalue weighted by Gasteiger charge is 2.32. The van der Waals surface area contributed by atoms with Gasteiger partial charge in [0.1, 0.15) is 11.9 Å². The molecule has 1 saturated heterocycles. The summed E-state index contributed by atoms with van der Waals surface area (Å²) in [6.07, 6.45) is 2.31. The van der Waals surface area contributed by atoms with E-state index in [1.54, 1.807) is 4.90 Å². The van der Waals surface area contributed by atoms with Crippen molar-refractivity contribution in [2.24, 2.45) is 0 Å². The molecular weight excluding hydrogens is 290 g/mol. The number of likely N-dealkylation sites (tertiary alicyclic amines) is 1. The number of rotatable bonds is 7. The van der Waals surface area contributed by atoms with E-state index in [9.17, 15) is 4.79 Å². The Kier molecular flexibility index (Phi) is 6.28. The van der Waals surface area contributed by atoms with Gasteiger partial charge >= 0.3 is 6.03 Å². The van der Waals surface area contributed by atoms with Gasteiger partial charge in [-0.05, 0) is 45.1 Å². The number of carbonyl (C=O) groups excluding carboxylic acids is 1. The molecule has 1 atom stereocenters. The molecule has 0 aliphatic carbocycles. The normalized spacial score (nSPS) is 16.1. The van der Waals surface area contributed by atoms with E-state index < -0.39 is 0 Å². The highest BCUT2D eigenvalue weighted by molar-refractivity contribution is 5.75. The summed E-state index contributed by atoms with van der Waals surface area (Å²) in [6, 6.07) is 8.42. The summed E-state index contributed by atoms with van der Waals surface area (Å²) in [7, 11) is 4.11. The second-order valence-electron chi connectivity index (χ2n) is 6.55. The molecule has 1 heterocycles. The minimum atomic E-state index is 0.0112. The third-order valence-electron chi connectivity index (χ3n) is 4.27. The Labute approximate surface area is 139 Å². The van der Waals surface area contributed by atoms with E-state index in [1.807, 2.05) is 31.2 Å². The van der Waals surface area contributed by atoms with Crippen molar-refractivity contribution in [3.8, 4) is 5.75 Å². The number of aryl methyl sites for hydroxylation is 1. The van der Waals surface area contributed by atoms with Crippen LogP contribution < -0.4 is 10.1 Å². The van der Waals surface area contributed by atoms with E-state index in [0.29, 0.717) is 25.7 Å². The maximum atomic E-state index is 12.1. The fourth-order valence-corrected chi connectivity index (χ4v) is 2.75. The molecule has 0 spiro atoms. The Balaban J connectivity index is 1.70. The monoisotopic (exact) mass is 319 g/mol. The van der Waals surface area contributed by atoms with Crippen molar-refractivity contribution in [3.05, 3.63) is 29.8 Å². The highest BCUT2D eigenvalue weighted by Crippen LogP contribution is 2.19. The molecule has 1 aromatic rings. The first kappa shape index (κ1) is 17.6. The van der Waals surface area contributed by atoms with Crippen LogP contribution in [-0.2, 0) is 0 Å². The van der Waals surface area contributed by atoms with Crippen LogP contribution in [0.15, 0.2) is 24.3 Å². The van der Waals surface area contributed by atoms with E-state index in [-0.39, 0.29) is 12.1 Å². The molecule has 2 amide bonds. The predicted molar refractivity (Wildman–Crippen MR) is 92.9 cm³/mol. The van der Waals surface area contributed by atoms with Crippen LogP contribution in [0.4, 0.5) is 4.79 Å². The van der Waals surface area contributed by atoms with E-state index in [2.05, 4.69) is 31.2 Å². The van der Waals surface area contributed by atoms with Crippen LogP contribution in [0, 0.1) is 6.92 Å². The number of carbonyl (C=O) groups is 1. The molecule has 0 bridgehead atoms. The maximum Gasteiger partial charge on any atom is 0.317 e. The van der Waals surface area contributed by atoms with Crippen molar-refractivity contribution >= 4 is 6.03 Å². The second kappa shape index (κ2) is 8.20. The maximum absolute atomic E-state index is 12.1. The number of urea groups is 1. The zero-order valence-corrected chi connectivity index (χ0v) is 14.7. The number of ether oxygens (including phenoxy) is 1. The van der Waals surface area contributed by atoms with Gasteiger partial charge in [-0.2, -0.15) is 0 Å². The van der Waals surface area contributed by atoms with Gasteiger partial charge in [0, 0.05) is 12.6 Å². The Hall–Kier alpha value is -1.75. The number of amides is 2. The molecule has 1 aliphatic heterocycles. The molecule has 0 radical (unpaired) electrons. The van der Waals surface area contributed by atoms with Crippen molar-refractivity contribution in [1.29, 1.82) is 0 Å². The Morgan fingerprint density at radius 3 is 2.78 bits per heavy atom. The lowest BCUT2D eigenvalue weighted by molar-refractivity contribution is 0.0438. The van der Waals surface area contributed by atoms with E-state index in [0.717, 1.165) is 18.6 Å². The summed E-state index contributed by atoms with van der Waals surface area (Å²) in [4.78, 5) is 16.1. The fraction of sp³-hybridized carbons (Fsp3) is 0.611. The number of hydrogen-bond donors (Lipinski definition) is 1. The first-order valence-corrected chi connectivity index (χ1v) is 8.42. The number of nitrogens with zero attached hydrogens (tertiary/aromatic N) is 2. The quantitative estimate of drug-likeness (QED) is 0.840. The lowest BCUT2D eigenvalue weighted by Gasteiger charge is -2.39. The minimum absolute atomic E-state index is 0.0112. The minimum Gasteiger partial charge on any atom is -0.487 e. The van der Waals surface area contributed by atoms with Crippen LogP contribution in [0.1, 0.15) is 25.3 Å². The smallest absolute Gasteiger partial charge is 0.317 e. The standard InChI is InChI=1S/C18H29N3O2/c1-5-7-15(20(3)4)11-19-18(22)21-12-17(13-21)23-16-9-6-8-14(2)10-16/h6,8-10,15,17H,5,7,11-13H2,1-4H3,(H,19,22). The van der Waals surface area contributed by atoms with Crippen LogP contribution >= 0.6 is 0 Å². The van der Waals surface area contributed by atoms with Gasteiger partial charge in [-0.1, -0.05) is 25.5 Å². The van der Waals surface area contributed by atoms with Gasteiger partial charge in [-0.3, -0.25) is 0 Å². The van der Waals surface area contributed by atoms with Gasteiger partial charge in [0.25, 0.3) is 0 Å². The SMILES string of the molecule is CCCC(CNC(=O)N1CC(Oc2cccc(C)c2)C1)N(C)C. The molecular formula is C18H29N3O2. The molecule has 1 unspecified atom stereocenters. The number of benzene rings is 1. The van der Waals surface area contributed by atoms with Crippen molar-refractivity contribution in [2.45, 2.75) is 38.8 Å². The molecule has 1 aliphatic rings.